The SMILES string of the molecule is COc1cccc(-c2nc(COC(=O)COc3cccc(Br)c3)cs2)c1OC. The van der Waals surface area contributed by atoms with E-state index in [-0.39, 0.29) is 13.2 Å². The van der Waals surface area contributed by atoms with Gasteiger partial charge < -0.3 is 18.9 Å². The number of nitrogens with zero attached hydrogens (tertiary/aromatic N) is 1. The summed E-state index contributed by atoms with van der Waals surface area (Å²) in [7, 11) is 3.17. The Morgan fingerprint density at radius 3 is 2.71 bits per heavy atom. The van der Waals surface area contributed by atoms with Crippen molar-refractivity contribution in [2.75, 3.05) is 20.8 Å². The highest BCUT2D eigenvalue weighted by molar-refractivity contribution is 9.10. The lowest BCUT2D eigenvalue weighted by Gasteiger charge is -2.10. The number of benzene rings is 2. The van der Waals surface area contributed by atoms with Gasteiger partial charge in [0.2, 0.25) is 0 Å². The summed E-state index contributed by atoms with van der Waals surface area (Å²) in [5, 5.41) is 2.60. The molecule has 0 N–H and O–H groups in total. The fraction of sp³-hybridized carbons (Fsp3) is 0.200. The molecule has 0 radical (unpaired) electrons. The predicted molar refractivity (Wildman–Crippen MR) is 110 cm³/mol. The lowest BCUT2D eigenvalue weighted by molar-refractivity contribution is -0.147. The van der Waals surface area contributed by atoms with Gasteiger partial charge in [-0.05, 0) is 30.3 Å². The van der Waals surface area contributed by atoms with Crippen LogP contribution in [0.25, 0.3) is 10.6 Å². The van der Waals surface area contributed by atoms with Crippen LogP contribution in [0.15, 0.2) is 52.3 Å². The number of esters is 1. The number of carbonyl (C=O) groups is 1. The summed E-state index contributed by atoms with van der Waals surface area (Å²) in [6, 6.07) is 12.9. The molecule has 2 aromatic carbocycles. The monoisotopic (exact) mass is 463 g/mol. The van der Waals surface area contributed by atoms with E-state index in [2.05, 4.69) is 20.9 Å². The first-order valence-electron chi connectivity index (χ1n) is 8.30. The van der Waals surface area contributed by atoms with Crippen LogP contribution in [0.5, 0.6) is 17.2 Å². The van der Waals surface area contributed by atoms with Gasteiger partial charge in [0.15, 0.2) is 18.1 Å². The summed E-state index contributed by atoms with van der Waals surface area (Å²) in [5.74, 6) is 1.37. The van der Waals surface area contributed by atoms with Crippen LogP contribution in [0.1, 0.15) is 5.69 Å². The number of rotatable bonds is 8. The van der Waals surface area contributed by atoms with E-state index in [4.69, 9.17) is 18.9 Å². The molecule has 0 aliphatic rings. The van der Waals surface area contributed by atoms with E-state index in [0.717, 1.165) is 15.0 Å². The molecule has 0 amide bonds. The zero-order chi connectivity index (χ0) is 19.9. The number of para-hydroxylation sites is 1. The molecule has 0 bridgehead atoms. The summed E-state index contributed by atoms with van der Waals surface area (Å²) in [6.45, 7) is -0.0966. The Hall–Kier alpha value is -2.58. The minimum atomic E-state index is -0.464. The lowest BCUT2D eigenvalue weighted by Crippen LogP contribution is -2.14. The molecule has 146 valence electrons. The summed E-state index contributed by atoms with van der Waals surface area (Å²) in [4.78, 5) is 16.4. The smallest absolute Gasteiger partial charge is 0.344 e. The van der Waals surface area contributed by atoms with Gasteiger partial charge in [0.05, 0.1) is 25.5 Å². The average Bonchev–Trinajstić information content (AvgIpc) is 3.19. The van der Waals surface area contributed by atoms with Crippen LogP contribution in [0.3, 0.4) is 0 Å². The van der Waals surface area contributed by atoms with Crippen molar-refractivity contribution < 1.29 is 23.7 Å². The van der Waals surface area contributed by atoms with Crippen LogP contribution in [-0.2, 0) is 16.1 Å². The summed E-state index contributed by atoms with van der Waals surface area (Å²) < 4.78 is 22.3. The first kappa shape index (κ1) is 20.2. The van der Waals surface area contributed by atoms with Gasteiger partial charge in [-0.1, -0.05) is 28.1 Å². The number of carbonyl (C=O) groups excluding carboxylic acids is 1. The van der Waals surface area contributed by atoms with Crippen molar-refractivity contribution in [3.05, 3.63) is 58.0 Å². The number of hydrogen-bond donors (Lipinski definition) is 0. The maximum Gasteiger partial charge on any atom is 0.344 e. The largest absolute Gasteiger partial charge is 0.493 e. The molecule has 0 spiro atoms. The molecule has 0 aliphatic carbocycles. The highest BCUT2D eigenvalue weighted by atomic mass is 79.9. The van der Waals surface area contributed by atoms with Gasteiger partial charge in [-0.25, -0.2) is 9.78 Å². The highest BCUT2D eigenvalue weighted by Gasteiger charge is 2.15. The van der Waals surface area contributed by atoms with Crippen LogP contribution >= 0.6 is 27.3 Å². The Bertz CT molecular complexity index is 959. The fourth-order valence-electron chi connectivity index (χ4n) is 2.45. The average molecular weight is 464 g/mol. The van der Waals surface area contributed by atoms with Gasteiger partial charge in [-0.15, -0.1) is 11.3 Å². The third kappa shape index (κ3) is 5.02. The number of halogens is 1. The van der Waals surface area contributed by atoms with Gasteiger partial charge in [0, 0.05) is 9.85 Å². The van der Waals surface area contributed by atoms with E-state index in [1.54, 1.807) is 26.4 Å². The standard InChI is InChI=1S/C20H18BrNO5S/c1-24-17-8-4-7-16(19(17)25-2)20-22-14(12-28-20)10-27-18(23)11-26-15-6-3-5-13(21)9-15/h3-9,12H,10-11H2,1-2H3. The Kier molecular flexibility index (Phi) is 6.89. The van der Waals surface area contributed by atoms with Gasteiger partial charge >= 0.3 is 5.97 Å². The number of ether oxygens (including phenoxy) is 4. The molecular formula is C20H18BrNO5S. The second-order valence-corrected chi connectivity index (χ2v) is 7.37. The van der Waals surface area contributed by atoms with Crippen molar-refractivity contribution in [3.63, 3.8) is 0 Å². The van der Waals surface area contributed by atoms with Crippen molar-refractivity contribution in [3.8, 4) is 27.8 Å². The third-order valence-corrected chi connectivity index (χ3v) is 5.14. The molecule has 6 nitrogen and oxygen atoms in total. The number of methoxy groups -OCH3 is 2. The van der Waals surface area contributed by atoms with E-state index in [1.165, 1.54) is 11.3 Å². The van der Waals surface area contributed by atoms with Crippen molar-refractivity contribution in [2.45, 2.75) is 6.61 Å². The second kappa shape index (κ2) is 9.57. The Balaban J connectivity index is 1.58. The van der Waals surface area contributed by atoms with E-state index in [1.807, 2.05) is 35.7 Å². The molecule has 0 aliphatic heterocycles. The summed E-state index contributed by atoms with van der Waals surface area (Å²) >= 11 is 4.79. The quantitative estimate of drug-likeness (QED) is 0.450. The second-order valence-electron chi connectivity index (χ2n) is 5.59. The van der Waals surface area contributed by atoms with Crippen LogP contribution in [0, 0.1) is 0 Å². The van der Waals surface area contributed by atoms with E-state index < -0.39 is 5.97 Å². The number of aromatic nitrogens is 1. The van der Waals surface area contributed by atoms with Crippen molar-refractivity contribution in [1.29, 1.82) is 0 Å². The maximum atomic E-state index is 11.9. The van der Waals surface area contributed by atoms with Crippen LogP contribution in [0.2, 0.25) is 0 Å². The zero-order valence-electron chi connectivity index (χ0n) is 15.3. The molecule has 0 fully saturated rings. The third-order valence-electron chi connectivity index (χ3n) is 3.72. The lowest BCUT2D eigenvalue weighted by atomic mass is 10.2. The summed E-state index contributed by atoms with van der Waals surface area (Å²) in [6.07, 6.45) is 0. The fourth-order valence-corrected chi connectivity index (χ4v) is 3.65. The molecule has 0 unspecified atom stereocenters. The summed E-state index contributed by atoms with van der Waals surface area (Å²) in [5.41, 5.74) is 1.48. The molecule has 8 heteroatoms. The highest BCUT2D eigenvalue weighted by Crippen LogP contribution is 2.39. The van der Waals surface area contributed by atoms with Gasteiger partial charge in [-0.2, -0.15) is 0 Å². The number of thiazole rings is 1. The van der Waals surface area contributed by atoms with Crippen molar-refractivity contribution in [1.82, 2.24) is 4.98 Å². The molecule has 0 atom stereocenters. The number of hydrogen-bond acceptors (Lipinski definition) is 7. The molecule has 0 saturated carbocycles. The zero-order valence-corrected chi connectivity index (χ0v) is 17.7. The van der Waals surface area contributed by atoms with Gasteiger partial charge in [0.1, 0.15) is 17.4 Å². The Labute approximate surface area is 175 Å². The molecular weight excluding hydrogens is 446 g/mol. The minimum absolute atomic E-state index is 0.0729. The van der Waals surface area contributed by atoms with Gasteiger partial charge in [0.25, 0.3) is 0 Å². The predicted octanol–water partition coefficient (Wildman–Crippen LogP) is 4.71. The molecule has 28 heavy (non-hydrogen) atoms. The maximum absolute atomic E-state index is 11.9. The van der Waals surface area contributed by atoms with Crippen LogP contribution in [-0.4, -0.2) is 31.8 Å². The van der Waals surface area contributed by atoms with Crippen molar-refractivity contribution in [2.24, 2.45) is 0 Å². The van der Waals surface area contributed by atoms with E-state index in [0.29, 0.717) is 22.9 Å². The van der Waals surface area contributed by atoms with Crippen molar-refractivity contribution >= 4 is 33.2 Å². The Morgan fingerprint density at radius 2 is 1.96 bits per heavy atom. The molecule has 3 rings (SSSR count). The minimum Gasteiger partial charge on any atom is -0.493 e. The van der Waals surface area contributed by atoms with E-state index in [9.17, 15) is 4.79 Å². The molecule has 0 saturated heterocycles. The first-order valence-corrected chi connectivity index (χ1v) is 9.97. The van der Waals surface area contributed by atoms with Crippen LogP contribution < -0.4 is 14.2 Å². The topological polar surface area (TPSA) is 66.9 Å². The van der Waals surface area contributed by atoms with Crippen LogP contribution in [0.4, 0.5) is 0 Å². The van der Waals surface area contributed by atoms with E-state index >= 15 is 0 Å². The normalized spacial score (nSPS) is 10.4. The molecule has 1 aromatic heterocycles. The first-order chi connectivity index (χ1) is 13.6. The van der Waals surface area contributed by atoms with Gasteiger partial charge in [-0.3, -0.25) is 0 Å². The Morgan fingerprint density at radius 1 is 1.14 bits per heavy atom. The molecule has 1 heterocycles. The molecule has 3 aromatic rings.